The molecule has 1 aliphatic carbocycles. The highest BCUT2D eigenvalue weighted by Gasteiger charge is 2.32. The molecule has 2 heterocycles. The van der Waals surface area contributed by atoms with E-state index < -0.39 is 11.9 Å². The van der Waals surface area contributed by atoms with Gasteiger partial charge in [-0.3, -0.25) is 4.79 Å². The molecule has 0 saturated carbocycles. The highest BCUT2D eigenvalue weighted by molar-refractivity contribution is 5.76. The summed E-state index contributed by atoms with van der Waals surface area (Å²) in [6, 6.07) is 0.529. The van der Waals surface area contributed by atoms with Crippen LogP contribution < -0.4 is 10.6 Å². The van der Waals surface area contributed by atoms with E-state index >= 15 is 0 Å². The summed E-state index contributed by atoms with van der Waals surface area (Å²) in [4.78, 5) is 25.4. The number of carbonyl (C=O) groups is 2. The summed E-state index contributed by atoms with van der Waals surface area (Å²) in [6.45, 7) is 2.27. The predicted molar refractivity (Wildman–Crippen MR) is 78.0 cm³/mol. The van der Waals surface area contributed by atoms with Gasteiger partial charge in [0.15, 0.2) is 0 Å². The molecule has 0 bridgehead atoms. The molecular formula is C15H23N3O3. The number of aliphatic carboxylic acids is 1. The van der Waals surface area contributed by atoms with E-state index in [4.69, 9.17) is 5.11 Å². The van der Waals surface area contributed by atoms with Gasteiger partial charge in [0, 0.05) is 18.6 Å². The Bertz CT molecular complexity index is 451. The molecule has 0 radical (unpaired) electrons. The summed E-state index contributed by atoms with van der Waals surface area (Å²) in [5.41, 5.74) is 0. The summed E-state index contributed by atoms with van der Waals surface area (Å²) in [5, 5.41) is 14.8. The van der Waals surface area contributed by atoms with Crippen LogP contribution in [-0.4, -0.2) is 53.2 Å². The molecule has 4 unspecified atom stereocenters. The van der Waals surface area contributed by atoms with Crippen LogP contribution in [0.5, 0.6) is 0 Å². The number of nitrogens with one attached hydrogen (secondary N) is 2. The third kappa shape index (κ3) is 3.37. The number of nitrogens with zero attached hydrogens (tertiary/aromatic N) is 1. The molecule has 116 valence electrons. The van der Waals surface area contributed by atoms with Crippen LogP contribution in [0.1, 0.15) is 32.1 Å². The third-order valence-corrected chi connectivity index (χ3v) is 4.87. The van der Waals surface area contributed by atoms with Crippen LogP contribution in [0, 0.1) is 5.92 Å². The largest absolute Gasteiger partial charge is 0.481 e. The monoisotopic (exact) mass is 293 g/mol. The van der Waals surface area contributed by atoms with Crippen molar-refractivity contribution in [3.8, 4) is 0 Å². The number of carboxylic acids is 1. The van der Waals surface area contributed by atoms with Gasteiger partial charge in [-0.1, -0.05) is 12.2 Å². The van der Waals surface area contributed by atoms with E-state index in [0.29, 0.717) is 12.5 Å². The van der Waals surface area contributed by atoms with Crippen molar-refractivity contribution in [3.05, 3.63) is 12.2 Å². The minimum absolute atomic E-state index is 0.169. The Morgan fingerprint density at radius 2 is 1.95 bits per heavy atom. The van der Waals surface area contributed by atoms with E-state index in [1.165, 1.54) is 19.4 Å². The quantitative estimate of drug-likeness (QED) is 0.677. The minimum Gasteiger partial charge on any atom is -0.481 e. The maximum absolute atomic E-state index is 12.0. The maximum atomic E-state index is 12.0. The van der Waals surface area contributed by atoms with E-state index in [1.807, 2.05) is 0 Å². The molecule has 0 spiro atoms. The second-order valence-electron chi connectivity index (χ2n) is 6.34. The first kappa shape index (κ1) is 14.4. The summed E-state index contributed by atoms with van der Waals surface area (Å²) in [6.07, 6.45) is 8.43. The van der Waals surface area contributed by atoms with E-state index in [1.54, 1.807) is 12.2 Å². The molecule has 0 aromatic rings. The van der Waals surface area contributed by atoms with Gasteiger partial charge in [0.1, 0.15) is 0 Å². The topological polar surface area (TPSA) is 81.7 Å². The number of rotatable bonds is 3. The van der Waals surface area contributed by atoms with Crippen molar-refractivity contribution < 1.29 is 14.7 Å². The molecule has 6 heteroatoms. The van der Waals surface area contributed by atoms with Crippen LogP contribution in [0.4, 0.5) is 4.79 Å². The number of hydrogen-bond donors (Lipinski definition) is 3. The van der Waals surface area contributed by atoms with Crippen molar-refractivity contribution in [1.29, 1.82) is 0 Å². The number of piperidine rings is 1. The Morgan fingerprint density at radius 1 is 1.10 bits per heavy atom. The molecule has 4 atom stereocenters. The van der Waals surface area contributed by atoms with Crippen LogP contribution in [-0.2, 0) is 4.79 Å². The summed E-state index contributed by atoms with van der Waals surface area (Å²) in [5.74, 6) is -1.30. The van der Waals surface area contributed by atoms with Crippen molar-refractivity contribution in [2.45, 2.75) is 50.2 Å². The van der Waals surface area contributed by atoms with Gasteiger partial charge in [-0.15, -0.1) is 0 Å². The first-order valence-electron chi connectivity index (χ1n) is 7.84. The van der Waals surface area contributed by atoms with Crippen LogP contribution >= 0.6 is 0 Å². The SMILES string of the molecule is O=C(NC1C=CC(C(=O)O)C1)NC1CCN2CCCC2C1. The zero-order valence-corrected chi connectivity index (χ0v) is 12.1. The van der Waals surface area contributed by atoms with Gasteiger partial charge in [-0.2, -0.15) is 0 Å². The van der Waals surface area contributed by atoms with Gasteiger partial charge in [-0.05, 0) is 38.6 Å². The van der Waals surface area contributed by atoms with Crippen molar-refractivity contribution in [3.63, 3.8) is 0 Å². The fourth-order valence-electron chi connectivity index (χ4n) is 3.74. The highest BCUT2D eigenvalue weighted by Crippen LogP contribution is 2.26. The zero-order valence-electron chi connectivity index (χ0n) is 12.1. The fourth-order valence-corrected chi connectivity index (χ4v) is 3.74. The second kappa shape index (κ2) is 6.05. The Kier molecular flexibility index (Phi) is 4.14. The van der Waals surface area contributed by atoms with Gasteiger partial charge in [-0.25, -0.2) is 4.79 Å². The Labute approximate surface area is 124 Å². The first-order valence-corrected chi connectivity index (χ1v) is 7.84. The lowest BCUT2D eigenvalue weighted by atomic mass is 9.98. The second-order valence-corrected chi connectivity index (χ2v) is 6.34. The van der Waals surface area contributed by atoms with Gasteiger partial charge < -0.3 is 20.6 Å². The van der Waals surface area contributed by atoms with Gasteiger partial charge >= 0.3 is 12.0 Å². The predicted octanol–water partition coefficient (Wildman–Crippen LogP) is 0.942. The lowest BCUT2D eigenvalue weighted by molar-refractivity contribution is -0.140. The van der Waals surface area contributed by atoms with Gasteiger partial charge in [0.2, 0.25) is 0 Å². The zero-order chi connectivity index (χ0) is 14.8. The van der Waals surface area contributed by atoms with Crippen LogP contribution in [0.15, 0.2) is 12.2 Å². The van der Waals surface area contributed by atoms with Crippen molar-refractivity contribution in [2.75, 3.05) is 13.1 Å². The molecule has 2 fully saturated rings. The molecule has 2 saturated heterocycles. The number of carboxylic acid groups (broad SMARTS) is 1. The summed E-state index contributed by atoms with van der Waals surface area (Å²) in [7, 11) is 0. The number of fused-ring (bicyclic) bond motifs is 1. The summed E-state index contributed by atoms with van der Waals surface area (Å²) < 4.78 is 0. The highest BCUT2D eigenvalue weighted by atomic mass is 16.4. The van der Waals surface area contributed by atoms with E-state index in [2.05, 4.69) is 15.5 Å². The lowest BCUT2D eigenvalue weighted by Crippen LogP contribution is -2.51. The third-order valence-electron chi connectivity index (χ3n) is 4.87. The smallest absolute Gasteiger partial charge is 0.315 e. The Balaban J connectivity index is 1.43. The molecular weight excluding hydrogens is 270 g/mol. The standard InChI is InChI=1S/C15H23N3O3/c19-14(20)10-3-4-11(8-10)16-15(21)17-12-5-7-18-6-1-2-13(18)9-12/h3-4,10-13H,1-2,5-9H2,(H,19,20)(H2,16,17,21). The van der Waals surface area contributed by atoms with Crippen LogP contribution in [0.2, 0.25) is 0 Å². The molecule has 0 aromatic heterocycles. The lowest BCUT2D eigenvalue weighted by Gasteiger charge is -2.35. The number of amides is 2. The van der Waals surface area contributed by atoms with E-state index in [0.717, 1.165) is 19.4 Å². The van der Waals surface area contributed by atoms with Crippen molar-refractivity contribution in [2.24, 2.45) is 5.92 Å². The molecule has 3 rings (SSSR count). The van der Waals surface area contributed by atoms with Gasteiger partial charge in [0.05, 0.1) is 12.0 Å². The van der Waals surface area contributed by atoms with Crippen molar-refractivity contribution >= 4 is 12.0 Å². The molecule has 0 aromatic carbocycles. The van der Waals surface area contributed by atoms with E-state index in [9.17, 15) is 9.59 Å². The van der Waals surface area contributed by atoms with Crippen LogP contribution in [0.25, 0.3) is 0 Å². The molecule has 6 nitrogen and oxygen atoms in total. The average molecular weight is 293 g/mol. The number of carbonyl (C=O) groups excluding carboxylic acids is 1. The molecule has 21 heavy (non-hydrogen) atoms. The number of urea groups is 1. The minimum atomic E-state index is -0.829. The maximum Gasteiger partial charge on any atom is 0.315 e. The molecule has 2 aliphatic heterocycles. The number of hydrogen-bond acceptors (Lipinski definition) is 3. The van der Waals surface area contributed by atoms with Crippen LogP contribution in [0.3, 0.4) is 0 Å². The van der Waals surface area contributed by atoms with Gasteiger partial charge in [0.25, 0.3) is 0 Å². The fraction of sp³-hybridized carbons (Fsp3) is 0.733. The molecule has 3 aliphatic rings. The molecule has 2 amide bonds. The summed E-state index contributed by atoms with van der Waals surface area (Å²) >= 11 is 0. The normalized spacial score (nSPS) is 35.4. The Morgan fingerprint density at radius 3 is 2.71 bits per heavy atom. The molecule has 3 N–H and O–H groups in total. The average Bonchev–Trinajstić information content (AvgIpc) is 3.06. The van der Waals surface area contributed by atoms with E-state index in [-0.39, 0.29) is 18.1 Å². The Hall–Kier alpha value is -1.56. The van der Waals surface area contributed by atoms with Crippen molar-refractivity contribution in [1.82, 2.24) is 15.5 Å². The first-order chi connectivity index (χ1) is 10.1.